The molecule has 2 aromatic rings. The van der Waals surface area contributed by atoms with Crippen LogP contribution in [0.2, 0.25) is 0 Å². The molecule has 2 nitrogen and oxygen atoms in total. The molecule has 0 bridgehead atoms. The third-order valence-electron chi connectivity index (χ3n) is 2.94. The normalized spacial score (nSPS) is 10.5. The van der Waals surface area contributed by atoms with Crippen LogP contribution >= 0.6 is 0 Å². The number of anilines is 1. The molecule has 0 spiro atoms. The molecule has 0 radical (unpaired) electrons. The summed E-state index contributed by atoms with van der Waals surface area (Å²) >= 11 is 0. The molecule has 0 aliphatic carbocycles. The van der Waals surface area contributed by atoms with E-state index >= 15 is 0 Å². The van der Waals surface area contributed by atoms with Crippen LogP contribution in [0.25, 0.3) is 11.1 Å². The first kappa shape index (κ1) is 11.6. The van der Waals surface area contributed by atoms with Crippen molar-refractivity contribution in [1.82, 2.24) is 4.98 Å². The average Bonchev–Trinajstić information content (AvgIpc) is 2.30. The maximum absolute atomic E-state index is 5.97. The summed E-state index contributed by atoms with van der Waals surface area (Å²) in [5.41, 5.74) is 10.7. The second-order valence-electron chi connectivity index (χ2n) is 4.34. The summed E-state index contributed by atoms with van der Waals surface area (Å²) in [6.45, 7) is 4.26. The van der Waals surface area contributed by atoms with E-state index in [4.69, 9.17) is 5.73 Å². The quantitative estimate of drug-likeness (QED) is 0.868. The van der Waals surface area contributed by atoms with E-state index in [1.165, 1.54) is 16.7 Å². The fraction of sp³-hybridized carbons (Fsp3) is 0.267. The molecular formula is C15H18N2. The van der Waals surface area contributed by atoms with Crippen LogP contribution in [0.5, 0.6) is 0 Å². The highest BCUT2D eigenvalue weighted by Gasteiger charge is 2.07. The number of nitrogens with zero attached hydrogens (tertiary/aromatic N) is 1. The molecule has 0 saturated heterocycles. The van der Waals surface area contributed by atoms with Gasteiger partial charge in [0.2, 0.25) is 0 Å². The topological polar surface area (TPSA) is 38.9 Å². The number of nitrogens with two attached hydrogens (primary N) is 1. The van der Waals surface area contributed by atoms with Gasteiger partial charge < -0.3 is 5.73 Å². The standard InChI is InChI=1S/C15H18N2/c1-3-5-12-6-4-7-13(10-12)14-11(2)8-9-17-15(14)16/h4,6-10H,3,5H2,1-2H3,(H2,16,17). The number of aromatic nitrogens is 1. The van der Waals surface area contributed by atoms with Crippen LogP contribution in [0.15, 0.2) is 36.5 Å². The molecular weight excluding hydrogens is 208 g/mol. The number of benzene rings is 1. The highest BCUT2D eigenvalue weighted by atomic mass is 14.8. The van der Waals surface area contributed by atoms with Crippen molar-refractivity contribution in [2.75, 3.05) is 5.73 Å². The van der Waals surface area contributed by atoms with Gasteiger partial charge >= 0.3 is 0 Å². The zero-order valence-corrected chi connectivity index (χ0v) is 10.4. The molecule has 2 N–H and O–H groups in total. The first-order valence-electron chi connectivity index (χ1n) is 6.02. The second kappa shape index (κ2) is 5.00. The van der Waals surface area contributed by atoms with Gasteiger partial charge in [-0.1, -0.05) is 37.6 Å². The van der Waals surface area contributed by atoms with Crippen LogP contribution in [0, 0.1) is 6.92 Å². The molecule has 0 amide bonds. The van der Waals surface area contributed by atoms with Crippen LogP contribution in [-0.2, 0) is 6.42 Å². The van der Waals surface area contributed by atoms with Crippen molar-refractivity contribution in [2.24, 2.45) is 0 Å². The van der Waals surface area contributed by atoms with Crippen molar-refractivity contribution in [3.63, 3.8) is 0 Å². The fourth-order valence-corrected chi connectivity index (χ4v) is 2.13. The highest BCUT2D eigenvalue weighted by Crippen LogP contribution is 2.28. The van der Waals surface area contributed by atoms with Gasteiger partial charge in [0.1, 0.15) is 5.82 Å². The molecule has 1 aromatic heterocycles. The number of hydrogen-bond acceptors (Lipinski definition) is 2. The summed E-state index contributed by atoms with van der Waals surface area (Å²) in [6.07, 6.45) is 4.02. The smallest absolute Gasteiger partial charge is 0.131 e. The van der Waals surface area contributed by atoms with Crippen molar-refractivity contribution in [1.29, 1.82) is 0 Å². The maximum Gasteiger partial charge on any atom is 0.131 e. The van der Waals surface area contributed by atoms with E-state index < -0.39 is 0 Å². The van der Waals surface area contributed by atoms with Gasteiger partial charge in [-0.3, -0.25) is 0 Å². The third-order valence-corrected chi connectivity index (χ3v) is 2.94. The maximum atomic E-state index is 5.97. The van der Waals surface area contributed by atoms with Crippen molar-refractivity contribution < 1.29 is 0 Å². The van der Waals surface area contributed by atoms with Gasteiger partial charge in [0.05, 0.1) is 0 Å². The first-order valence-corrected chi connectivity index (χ1v) is 6.02. The van der Waals surface area contributed by atoms with Crippen molar-refractivity contribution >= 4 is 5.82 Å². The van der Waals surface area contributed by atoms with Crippen LogP contribution < -0.4 is 5.73 Å². The molecule has 0 atom stereocenters. The molecule has 2 rings (SSSR count). The third kappa shape index (κ3) is 2.47. The predicted octanol–water partition coefficient (Wildman–Crippen LogP) is 3.59. The minimum absolute atomic E-state index is 0.610. The van der Waals surface area contributed by atoms with Gasteiger partial charge in [0.15, 0.2) is 0 Å². The molecule has 0 aliphatic rings. The van der Waals surface area contributed by atoms with Crippen molar-refractivity contribution in [3.8, 4) is 11.1 Å². The monoisotopic (exact) mass is 226 g/mol. The largest absolute Gasteiger partial charge is 0.383 e. The average molecular weight is 226 g/mol. The van der Waals surface area contributed by atoms with Crippen molar-refractivity contribution in [2.45, 2.75) is 26.7 Å². The van der Waals surface area contributed by atoms with E-state index in [2.05, 4.69) is 43.1 Å². The Bertz CT molecular complexity index is 498. The van der Waals surface area contributed by atoms with Crippen LogP contribution in [0.3, 0.4) is 0 Å². The molecule has 0 unspecified atom stereocenters. The minimum Gasteiger partial charge on any atom is -0.383 e. The number of rotatable bonds is 3. The van der Waals surface area contributed by atoms with E-state index in [-0.39, 0.29) is 0 Å². The molecule has 0 saturated carbocycles. The lowest BCUT2D eigenvalue weighted by atomic mass is 9.98. The fourth-order valence-electron chi connectivity index (χ4n) is 2.13. The Labute approximate surface area is 103 Å². The lowest BCUT2D eigenvalue weighted by Crippen LogP contribution is -1.96. The zero-order chi connectivity index (χ0) is 12.3. The van der Waals surface area contributed by atoms with Gasteiger partial charge in [0.25, 0.3) is 0 Å². The Kier molecular flexibility index (Phi) is 3.43. The summed E-state index contributed by atoms with van der Waals surface area (Å²) in [7, 11) is 0. The van der Waals surface area contributed by atoms with E-state index in [0.29, 0.717) is 5.82 Å². The van der Waals surface area contributed by atoms with Crippen LogP contribution in [-0.4, -0.2) is 4.98 Å². The predicted molar refractivity (Wildman–Crippen MR) is 72.8 cm³/mol. The molecule has 17 heavy (non-hydrogen) atoms. The summed E-state index contributed by atoms with van der Waals surface area (Å²) in [4.78, 5) is 4.17. The van der Waals surface area contributed by atoms with E-state index in [0.717, 1.165) is 18.4 Å². The molecule has 2 heteroatoms. The minimum atomic E-state index is 0.610. The lowest BCUT2D eigenvalue weighted by Gasteiger charge is -2.10. The number of nitrogen functional groups attached to an aromatic ring is 1. The van der Waals surface area contributed by atoms with Gasteiger partial charge in [-0.15, -0.1) is 0 Å². The van der Waals surface area contributed by atoms with Gasteiger partial charge in [-0.2, -0.15) is 0 Å². The lowest BCUT2D eigenvalue weighted by molar-refractivity contribution is 0.922. The molecule has 88 valence electrons. The van der Waals surface area contributed by atoms with Crippen LogP contribution in [0.1, 0.15) is 24.5 Å². The number of pyridine rings is 1. The second-order valence-corrected chi connectivity index (χ2v) is 4.34. The molecule has 1 aromatic carbocycles. The van der Waals surface area contributed by atoms with Gasteiger partial charge in [-0.25, -0.2) is 4.98 Å². The van der Waals surface area contributed by atoms with Gasteiger partial charge in [0, 0.05) is 11.8 Å². The van der Waals surface area contributed by atoms with Crippen LogP contribution in [0.4, 0.5) is 5.82 Å². The molecule has 1 heterocycles. The Hall–Kier alpha value is -1.83. The Morgan fingerprint density at radius 2 is 2.06 bits per heavy atom. The van der Waals surface area contributed by atoms with Crippen molar-refractivity contribution in [3.05, 3.63) is 47.7 Å². The Balaban J connectivity index is 2.49. The van der Waals surface area contributed by atoms with Gasteiger partial charge in [-0.05, 0) is 36.1 Å². The number of aryl methyl sites for hydroxylation is 2. The van der Waals surface area contributed by atoms with E-state index in [1.54, 1.807) is 6.20 Å². The van der Waals surface area contributed by atoms with E-state index in [1.807, 2.05) is 6.07 Å². The van der Waals surface area contributed by atoms with E-state index in [9.17, 15) is 0 Å². The Morgan fingerprint density at radius 1 is 1.24 bits per heavy atom. The SMILES string of the molecule is CCCc1cccc(-c2c(C)ccnc2N)c1. The summed E-state index contributed by atoms with van der Waals surface area (Å²) in [6, 6.07) is 10.6. The highest BCUT2D eigenvalue weighted by molar-refractivity contribution is 5.77. The zero-order valence-electron chi connectivity index (χ0n) is 10.4. The summed E-state index contributed by atoms with van der Waals surface area (Å²) in [5.74, 6) is 0.610. The Morgan fingerprint density at radius 3 is 2.76 bits per heavy atom. The molecule has 0 fully saturated rings. The summed E-state index contributed by atoms with van der Waals surface area (Å²) in [5, 5.41) is 0. The molecule has 0 aliphatic heterocycles. The number of hydrogen-bond donors (Lipinski definition) is 1. The first-order chi connectivity index (χ1) is 8.22. The summed E-state index contributed by atoms with van der Waals surface area (Å²) < 4.78 is 0.